The molecule has 0 aromatic carbocycles. The van der Waals surface area contributed by atoms with Crippen molar-refractivity contribution in [3.63, 3.8) is 0 Å². The first-order valence-electron chi connectivity index (χ1n) is 6.42. The van der Waals surface area contributed by atoms with Crippen LogP contribution in [0.5, 0.6) is 0 Å². The minimum atomic E-state index is -0.454. The van der Waals surface area contributed by atoms with Gasteiger partial charge < -0.3 is 14.8 Å². The molecule has 2 atom stereocenters. The van der Waals surface area contributed by atoms with Crippen molar-refractivity contribution in [2.24, 2.45) is 0 Å². The van der Waals surface area contributed by atoms with Crippen LogP contribution in [0.15, 0.2) is 12.3 Å². The van der Waals surface area contributed by atoms with Gasteiger partial charge in [0.1, 0.15) is 6.26 Å². The van der Waals surface area contributed by atoms with Crippen LogP contribution in [-0.2, 0) is 9.68 Å². The molecule has 2 aliphatic heterocycles. The molecule has 0 saturated carbocycles. The number of rotatable bonds is 5. The van der Waals surface area contributed by atoms with Crippen molar-refractivity contribution in [2.45, 2.75) is 38.3 Å². The van der Waals surface area contributed by atoms with E-state index in [1.807, 2.05) is 13.0 Å². The maximum Gasteiger partial charge on any atom is 0.112 e. The van der Waals surface area contributed by atoms with E-state index >= 15 is 0 Å². The highest BCUT2D eigenvalue weighted by Gasteiger charge is 2.20. The van der Waals surface area contributed by atoms with Gasteiger partial charge in [0.05, 0.1) is 18.8 Å². The zero-order chi connectivity index (χ0) is 12.1. The van der Waals surface area contributed by atoms with E-state index in [0.29, 0.717) is 6.54 Å². The van der Waals surface area contributed by atoms with Gasteiger partial charge in [-0.2, -0.15) is 0 Å². The molecule has 2 heterocycles. The summed E-state index contributed by atoms with van der Waals surface area (Å²) < 4.78 is 0. The summed E-state index contributed by atoms with van der Waals surface area (Å²) in [5.41, 5.74) is 0. The Hall–Kier alpha value is -0.620. The number of piperidine rings is 1. The fourth-order valence-electron chi connectivity index (χ4n) is 2.18. The van der Waals surface area contributed by atoms with E-state index in [1.54, 1.807) is 6.26 Å². The normalized spacial score (nSPS) is 28.2. The van der Waals surface area contributed by atoms with Gasteiger partial charge in [-0.25, -0.2) is 0 Å². The molecule has 5 nitrogen and oxygen atoms in total. The molecule has 17 heavy (non-hydrogen) atoms. The number of β-amino-alcohol motifs (C(OH)–C–C–N with tert-alkyl or cyclic N) is 1. The zero-order valence-corrected chi connectivity index (χ0v) is 10.4. The van der Waals surface area contributed by atoms with Crippen molar-refractivity contribution in [3.05, 3.63) is 12.3 Å². The third kappa shape index (κ3) is 3.96. The largest absolute Gasteiger partial charge is 0.389 e. The Morgan fingerprint density at radius 1 is 1.41 bits per heavy atom. The van der Waals surface area contributed by atoms with Crippen molar-refractivity contribution in [2.75, 3.05) is 26.2 Å². The quantitative estimate of drug-likeness (QED) is 0.776. The molecule has 1 N–H and O–H groups in total. The molecular weight excluding hydrogens is 220 g/mol. The minimum absolute atomic E-state index is 0.109. The lowest BCUT2D eigenvalue weighted by Gasteiger charge is -2.29. The Labute approximate surface area is 103 Å². The first-order valence-corrected chi connectivity index (χ1v) is 6.42. The van der Waals surface area contributed by atoms with Gasteiger partial charge in [-0.05, 0) is 44.2 Å². The monoisotopic (exact) mass is 242 g/mol. The first kappa shape index (κ1) is 12.8. The molecule has 0 aromatic rings. The zero-order valence-electron chi connectivity index (χ0n) is 10.4. The van der Waals surface area contributed by atoms with Gasteiger partial charge in [0, 0.05) is 6.54 Å². The Balaban J connectivity index is 1.61. The van der Waals surface area contributed by atoms with Crippen molar-refractivity contribution < 1.29 is 14.8 Å². The highest BCUT2D eigenvalue weighted by molar-refractivity contribution is 4.87. The van der Waals surface area contributed by atoms with Gasteiger partial charge in [0.2, 0.25) is 0 Å². The van der Waals surface area contributed by atoms with Crippen LogP contribution in [0.1, 0.15) is 26.2 Å². The van der Waals surface area contributed by atoms with Crippen molar-refractivity contribution in [1.29, 1.82) is 0 Å². The molecule has 2 aliphatic rings. The summed E-state index contributed by atoms with van der Waals surface area (Å²) in [4.78, 5) is 12.8. The van der Waals surface area contributed by atoms with Crippen molar-refractivity contribution >= 4 is 0 Å². The van der Waals surface area contributed by atoms with E-state index in [9.17, 15) is 5.11 Å². The molecule has 0 amide bonds. The Morgan fingerprint density at radius 3 is 2.82 bits per heavy atom. The van der Waals surface area contributed by atoms with Crippen LogP contribution in [0.3, 0.4) is 0 Å². The predicted molar refractivity (Wildman–Crippen MR) is 63.8 cm³/mol. The van der Waals surface area contributed by atoms with Crippen molar-refractivity contribution in [3.8, 4) is 0 Å². The molecule has 0 aromatic heterocycles. The van der Waals surface area contributed by atoms with E-state index in [4.69, 9.17) is 9.68 Å². The van der Waals surface area contributed by atoms with Gasteiger partial charge in [-0.1, -0.05) is 6.42 Å². The minimum Gasteiger partial charge on any atom is -0.389 e. The third-order valence-electron chi connectivity index (χ3n) is 3.17. The van der Waals surface area contributed by atoms with Gasteiger partial charge in [0.25, 0.3) is 0 Å². The molecule has 2 unspecified atom stereocenters. The lowest BCUT2D eigenvalue weighted by atomic mass is 10.1. The summed E-state index contributed by atoms with van der Waals surface area (Å²) in [5.74, 6) is 0. The molecule has 98 valence electrons. The number of nitrogens with zero attached hydrogens (tertiary/aromatic N) is 2. The van der Waals surface area contributed by atoms with Crippen molar-refractivity contribution in [1.82, 2.24) is 10.1 Å². The van der Waals surface area contributed by atoms with E-state index < -0.39 is 6.10 Å². The van der Waals surface area contributed by atoms with Gasteiger partial charge in [0.15, 0.2) is 0 Å². The predicted octanol–water partition coefficient (Wildman–Crippen LogP) is 0.914. The van der Waals surface area contributed by atoms with Gasteiger partial charge in [-0.15, -0.1) is 0 Å². The summed E-state index contributed by atoms with van der Waals surface area (Å²) in [6.07, 6.45) is 6.84. The first-order chi connectivity index (χ1) is 8.25. The molecule has 0 radical (unpaired) electrons. The average molecular weight is 242 g/mol. The van der Waals surface area contributed by atoms with Crippen LogP contribution < -0.4 is 0 Å². The second kappa shape index (κ2) is 6.35. The molecule has 2 rings (SSSR count). The highest BCUT2D eigenvalue weighted by Crippen LogP contribution is 2.12. The third-order valence-corrected chi connectivity index (χ3v) is 3.17. The summed E-state index contributed by atoms with van der Waals surface area (Å²) in [5, 5.41) is 11.3. The Morgan fingerprint density at radius 2 is 2.18 bits per heavy atom. The van der Waals surface area contributed by atoms with Crippen LogP contribution in [0.25, 0.3) is 0 Å². The molecule has 5 heteroatoms. The van der Waals surface area contributed by atoms with Crippen LogP contribution >= 0.6 is 0 Å². The lowest BCUT2D eigenvalue weighted by molar-refractivity contribution is -0.349. The highest BCUT2D eigenvalue weighted by atomic mass is 17.0. The van der Waals surface area contributed by atoms with Gasteiger partial charge >= 0.3 is 0 Å². The smallest absolute Gasteiger partial charge is 0.112 e. The molecule has 0 aliphatic carbocycles. The van der Waals surface area contributed by atoms with Gasteiger partial charge in [-0.3, -0.25) is 4.84 Å². The van der Waals surface area contributed by atoms with Crippen LogP contribution in [-0.4, -0.2) is 53.6 Å². The maximum atomic E-state index is 9.88. The lowest BCUT2D eigenvalue weighted by Crippen LogP contribution is -2.40. The number of aliphatic hydroxyl groups excluding tert-OH is 1. The fourth-order valence-corrected chi connectivity index (χ4v) is 2.18. The molecule has 0 spiro atoms. The number of hydrogen-bond acceptors (Lipinski definition) is 5. The standard InChI is InChI=1S/C12H22N2O3/c1-11-5-8-16-14(11)17-10-12(15)9-13-6-3-2-4-7-13/h5,8,11-12,15H,2-4,6-7,9-10H2,1H3. The Bertz CT molecular complexity index is 254. The van der Waals surface area contributed by atoms with E-state index in [0.717, 1.165) is 13.1 Å². The Kier molecular flexibility index (Phi) is 4.79. The summed E-state index contributed by atoms with van der Waals surface area (Å²) >= 11 is 0. The fraction of sp³-hybridized carbons (Fsp3) is 0.833. The SMILES string of the molecule is CC1C=CON1OCC(O)CN1CCCCC1. The summed E-state index contributed by atoms with van der Waals surface area (Å²) in [6, 6.07) is 0.109. The van der Waals surface area contributed by atoms with Crippen LogP contribution in [0, 0.1) is 0 Å². The van der Waals surface area contributed by atoms with E-state index in [1.165, 1.54) is 24.5 Å². The van der Waals surface area contributed by atoms with E-state index in [-0.39, 0.29) is 12.6 Å². The van der Waals surface area contributed by atoms with E-state index in [2.05, 4.69) is 4.90 Å². The maximum absolute atomic E-state index is 9.88. The van der Waals surface area contributed by atoms with Crippen LogP contribution in [0.4, 0.5) is 0 Å². The topological polar surface area (TPSA) is 45.2 Å². The summed E-state index contributed by atoms with van der Waals surface area (Å²) in [6.45, 7) is 5.13. The average Bonchev–Trinajstić information content (AvgIpc) is 2.74. The molecule has 1 saturated heterocycles. The van der Waals surface area contributed by atoms with Crippen LogP contribution in [0.2, 0.25) is 0 Å². The summed E-state index contributed by atoms with van der Waals surface area (Å²) in [7, 11) is 0. The second-order valence-electron chi connectivity index (χ2n) is 4.77. The molecular formula is C12H22N2O3. The number of hydroxylamine groups is 2. The number of aliphatic hydroxyl groups is 1. The number of likely N-dealkylation sites (tertiary alicyclic amines) is 1. The number of hydrogen-bond donors (Lipinski definition) is 1. The second-order valence-corrected chi connectivity index (χ2v) is 4.77. The molecule has 1 fully saturated rings. The molecule has 0 bridgehead atoms.